The first-order valence-corrected chi connectivity index (χ1v) is 12.1. The van der Waals surface area contributed by atoms with E-state index >= 15 is 0 Å². The van der Waals surface area contributed by atoms with Gasteiger partial charge in [-0.15, -0.1) is 0 Å². The van der Waals surface area contributed by atoms with Crippen LogP contribution in [-0.2, 0) is 14.4 Å². The standard InChI is InChI=1S/C28H21BrN2O4/c1-34-23-15-14-18(16-21(23)29)25-24-26(35-31(25)19-10-3-2-4-11-19)28(33)30(27(24)32)22-13-7-9-17-8-5-6-12-20(17)22/h2-16,24-26H,1H3/t24-,25-,26-/m0/s1. The van der Waals surface area contributed by atoms with Crippen molar-refractivity contribution in [1.82, 2.24) is 0 Å². The Morgan fingerprint density at radius 2 is 1.60 bits per heavy atom. The first kappa shape index (κ1) is 21.8. The van der Waals surface area contributed by atoms with Crippen molar-refractivity contribution >= 4 is 49.9 Å². The van der Waals surface area contributed by atoms with E-state index < -0.39 is 18.1 Å². The lowest BCUT2D eigenvalue weighted by Crippen LogP contribution is -2.37. The number of hydrogen-bond acceptors (Lipinski definition) is 5. The molecule has 0 N–H and O–H groups in total. The first-order valence-electron chi connectivity index (χ1n) is 11.3. The fourth-order valence-corrected chi connectivity index (χ4v) is 5.62. The summed E-state index contributed by atoms with van der Waals surface area (Å²) in [5.74, 6) is -0.650. The molecule has 2 heterocycles. The monoisotopic (exact) mass is 528 g/mol. The van der Waals surface area contributed by atoms with Crippen LogP contribution in [0.25, 0.3) is 10.8 Å². The Labute approximate surface area is 210 Å². The van der Waals surface area contributed by atoms with Gasteiger partial charge in [-0.1, -0.05) is 60.7 Å². The number of benzene rings is 4. The molecular formula is C28H21BrN2O4. The summed E-state index contributed by atoms with van der Waals surface area (Å²) in [6, 6.07) is 28.1. The average Bonchev–Trinajstić information content (AvgIpc) is 3.40. The van der Waals surface area contributed by atoms with Gasteiger partial charge < -0.3 is 4.74 Å². The number of nitrogens with zero attached hydrogens (tertiary/aromatic N) is 2. The summed E-state index contributed by atoms with van der Waals surface area (Å²) in [7, 11) is 1.60. The van der Waals surface area contributed by atoms with Crippen molar-refractivity contribution in [3.05, 3.63) is 101 Å². The molecule has 0 unspecified atom stereocenters. The van der Waals surface area contributed by atoms with Crippen LogP contribution in [0, 0.1) is 5.92 Å². The van der Waals surface area contributed by atoms with Gasteiger partial charge in [0.15, 0.2) is 6.10 Å². The zero-order valence-corrected chi connectivity index (χ0v) is 20.4. The molecule has 2 saturated heterocycles. The number of rotatable bonds is 4. The van der Waals surface area contributed by atoms with Crippen molar-refractivity contribution in [2.45, 2.75) is 12.1 Å². The minimum atomic E-state index is -0.924. The van der Waals surface area contributed by atoms with E-state index in [0.717, 1.165) is 26.5 Å². The Balaban J connectivity index is 1.47. The van der Waals surface area contributed by atoms with Crippen LogP contribution < -0.4 is 14.7 Å². The lowest BCUT2D eigenvalue weighted by Gasteiger charge is -2.29. The summed E-state index contributed by atoms with van der Waals surface area (Å²) in [5.41, 5.74) is 2.20. The fraction of sp³-hybridized carbons (Fsp3) is 0.143. The number of ether oxygens (including phenoxy) is 1. The molecule has 2 amide bonds. The highest BCUT2D eigenvalue weighted by Crippen LogP contribution is 2.49. The second kappa shape index (κ2) is 8.52. The molecule has 2 aliphatic rings. The van der Waals surface area contributed by atoms with Crippen LogP contribution >= 0.6 is 15.9 Å². The van der Waals surface area contributed by atoms with Crippen molar-refractivity contribution in [2.24, 2.45) is 5.92 Å². The Hall–Kier alpha value is -3.68. The maximum absolute atomic E-state index is 14.0. The molecule has 0 aromatic heterocycles. The molecule has 0 bridgehead atoms. The molecule has 0 spiro atoms. The first-order chi connectivity index (χ1) is 17.1. The highest BCUT2D eigenvalue weighted by molar-refractivity contribution is 9.10. The van der Waals surface area contributed by atoms with Crippen LogP contribution in [0.3, 0.4) is 0 Å². The number of hydroxylamine groups is 1. The van der Waals surface area contributed by atoms with E-state index in [2.05, 4.69) is 15.9 Å². The molecule has 0 radical (unpaired) electrons. The minimum absolute atomic E-state index is 0.272. The lowest BCUT2D eigenvalue weighted by molar-refractivity contribution is -0.126. The number of imide groups is 1. The number of para-hydroxylation sites is 1. The molecular weight excluding hydrogens is 508 g/mol. The molecule has 35 heavy (non-hydrogen) atoms. The number of carbonyl (C=O) groups excluding carboxylic acids is 2. The van der Waals surface area contributed by atoms with E-state index in [9.17, 15) is 9.59 Å². The molecule has 2 fully saturated rings. The third-order valence-corrected chi connectivity index (χ3v) is 7.27. The van der Waals surface area contributed by atoms with E-state index in [-0.39, 0.29) is 11.8 Å². The van der Waals surface area contributed by atoms with Crippen molar-refractivity contribution in [3.63, 3.8) is 0 Å². The number of hydrogen-bond donors (Lipinski definition) is 0. The predicted molar refractivity (Wildman–Crippen MR) is 137 cm³/mol. The molecule has 2 aliphatic heterocycles. The number of carbonyl (C=O) groups is 2. The highest BCUT2D eigenvalue weighted by Gasteiger charge is 2.60. The third kappa shape index (κ3) is 3.42. The maximum Gasteiger partial charge on any atom is 0.266 e. The van der Waals surface area contributed by atoms with Gasteiger partial charge in [0.1, 0.15) is 11.7 Å². The van der Waals surface area contributed by atoms with Crippen LogP contribution in [0.2, 0.25) is 0 Å². The smallest absolute Gasteiger partial charge is 0.266 e. The quantitative estimate of drug-likeness (QED) is 0.320. The Kier molecular flexibility index (Phi) is 5.31. The summed E-state index contributed by atoms with van der Waals surface area (Å²) >= 11 is 3.56. The Morgan fingerprint density at radius 1 is 0.857 bits per heavy atom. The molecule has 6 rings (SSSR count). The third-order valence-electron chi connectivity index (χ3n) is 6.65. The average molecular weight is 529 g/mol. The second-order valence-corrected chi connectivity index (χ2v) is 9.42. The van der Waals surface area contributed by atoms with Crippen molar-refractivity contribution < 1.29 is 19.2 Å². The predicted octanol–water partition coefficient (Wildman–Crippen LogP) is 5.66. The van der Waals surface area contributed by atoms with Gasteiger partial charge in [-0.3, -0.25) is 14.4 Å². The minimum Gasteiger partial charge on any atom is -0.496 e. The Morgan fingerprint density at radius 3 is 2.37 bits per heavy atom. The van der Waals surface area contributed by atoms with Crippen molar-refractivity contribution in [3.8, 4) is 5.75 Å². The number of methoxy groups -OCH3 is 1. The highest BCUT2D eigenvalue weighted by atomic mass is 79.9. The van der Waals surface area contributed by atoms with Gasteiger partial charge in [-0.05, 0) is 57.2 Å². The van der Waals surface area contributed by atoms with Crippen LogP contribution in [0.5, 0.6) is 5.75 Å². The zero-order valence-electron chi connectivity index (χ0n) is 18.8. The van der Waals surface area contributed by atoms with Crippen LogP contribution in [0.15, 0.2) is 95.5 Å². The van der Waals surface area contributed by atoms with E-state index in [0.29, 0.717) is 11.4 Å². The van der Waals surface area contributed by atoms with Gasteiger partial charge in [0.05, 0.1) is 29.0 Å². The lowest BCUT2D eigenvalue weighted by atomic mass is 9.90. The van der Waals surface area contributed by atoms with E-state index in [1.165, 1.54) is 4.90 Å². The topological polar surface area (TPSA) is 59.1 Å². The number of amides is 2. The number of halogens is 1. The largest absolute Gasteiger partial charge is 0.496 e. The van der Waals surface area contributed by atoms with E-state index in [4.69, 9.17) is 9.57 Å². The second-order valence-electron chi connectivity index (χ2n) is 8.56. The summed E-state index contributed by atoms with van der Waals surface area (Å²) in [6.07, 6.45) is -0.924. The van der Waals surface area contributed by atoms with Gasteiger partial charge in [-0.25, -0.2) is 9.96 Å². The van der Waals surface area contributed by atoms with E-state index in [1.807, 2.05) is 91.0 Å². The number of fused-ring (bicyclic) bond motifs is 2. The van der Waals surface area contributed by atoms with Crippen molar-refractivity contribution in [2.75, 3.05) is 17.1 Å². The van der Waals surface area contributed by atoms with Gasteiger partial charge >= 0.3 is 0 Å². The molecule has 4 aromatic rings. The molecule has 3 atom stereocenters. The number of anilines is 2. The van der Waals surface area contributed by atoms with E-state index in [1.54, 1.807) is 12.2 Å². The molecule has 174 valence electrons. The van der Waals surface area contributed by atoms with Gasteiger partial charge in [0.25, 0.3) is 5.91 Å². The fourth-order valence-electron chi connectivity index (χ4n) is 5.06. The van der Waals surface area contributed by atoms with Crippen LogP contribution in [0.4, 0.5) is 11.4 Å². The summed E-state index contributed by atoms with van der Waals surface area (Å²) < 4.78 is 6.15. The molecule has 0 aliphatic carbocycles. The zero-order chi connectivity index (χ0) is 24.1. The summed E-state index contributed by atoms with van der Waals surface area (Å²) in [4.78, 5) is 35.2. The SMILES string of the molecule is COc1ccc([C@H]2[C@@H]3C(=O)N(c4cccc5ccccc45)C(=O)[C@H]3ON2c2ccccc2)cc1Br. The summed E-state index contributed by atoms with van der Waals surface area (Å²) in [6.45, 7) is 0. The van der Waals surface area contributed by atoms with Gasteiger partial charge in [0, 0.05) is 5.39 Å². The van der Waals surface area contributed by atoms with Crippen LogP contribution in [0.1, 0.15) is 11.6 Å². The molecule has 4 aromatic carbocycles. The molecule has 7 heteroatoms. The normalized spacial score (nSPS) is 21.6. The van der Waals surface area contributed by atoms with Crippen molar-refractivity contribution in [1.29, 1.82) is 0 Å². The molecule has 0 saturated carbocycles. The van der Waals surface area contributed by atoms with Crippen LogP contribution in [-0.4, -0.2) is 25.0 Å². The molecule has 6 nitrogen and oxygen atoms in total. The van der Waals surface area contributed by atoms with Gasteiger partial charge in [0.2, 0.25) is 5.91 Å². The Bertz CT molecular complexity index is 1450. The summed E-state index contributed by atoms with van der Waals surface area (Å²) in [5, 5.41) is 3.50. The maximum atomic E-state index is 14.0. The van der Waals surface area contributed by atoms with Gasteiger partial charge in [-0.2, -0.15) is 0 Å².